The number of hydrogen-bond donors (Lipinski definition) is 1. The van der Waals surface area contributed by atoms with Gasteiger partial charge in [0.05, 0.1) is 11.9 Å². The largest absolute Gasteiger partial charge is 0.508 e. The third-order valence-electron chi connectivity index (χ3n) is 3.55. The van der Waals surface area contributed by atoms with Gasteiger partial charge in [-0.1, -0.05) is 35.2 Å². The molecule has 1 saturated carbocycles. The van der Waals surface area contributed by atoms with E-state index in [-0.39, 0.29) is 16.9 Å². The van der Waals surface area contributed by atoms with E-state index >= 15 is 0 Å². The van der Waals surface area contributed by atoms with Crippen molar-refractivity contribution in [3.05, 3.63) is 23.8 Å². The lowest BCUT2D eigenvalue weighted by Crippen LogP contribution is -2.15. The highest BCUT2D eigenvalue weighted by Gasteiger charge is 2.15. The van der Waals surface area contributed by atoms with Gasteiger partial charge in [-0.15, -0.1) is 0 Å². The summed E-state index contributed by atoms with van der Waals surface area (Å²) in [6, 6.07) is 4.73. The Bertz CT molecular complexity index is 439. The van der Waals surface area contributed by atoms with Crippen LogP contribution in [0.1, 0.15) is 42.5 Å². The highest BCUT2D eigenvalue weighted by Crippen LogP contribution is 2.27. The molecule has 104 valence electrons. The van der Waals surface area contributed by atoms with Crippen LogP contribution in [0.3, 0.4) is 0 Å². The van der Waals surface area contributed by atoms with Crippen molar-refractivity contribution < 1.29 is 14.6 Å². The zero-order chi connectivity index (χ0) is 13.7. The molecular weight excluding hydrogens is 308 g/mol. The molecule has 0 aromatic heterocycles. The minimum absolute atomic E-state index is 0.0570. The zero-order valence-electron chi connectivity index (χ0n) is 10.9. The Balaban J connectivity index is 1.99. The Morgan fingerprint density at radius 1 is 1.26 bits per heavy atom. The quantitative estimate of drug-likeness (QED) is 0.658. The summed E-state index contributed by atoms with van der Waals surface area (Å²) < 4.78 is 5.73. The number of phenols is 1. The monoisotopic (exact) mass is 326 g/mol. The summed E-state index contributed by atoms with van der Waals surface area (Å²) in [5.41, 5.74) is 0.482. The van der Waals surface area contributed by atoms with Gasteiger partial charge in [-0.05, 0) is 30.9 Å². The number of carbonyl (C=O) groups is 1. The maximum absolute atomic E-state index is 11.6. The number of hydrogen-bond acceptors (Lipinski definition) is 3. The van der Waals surface area contributed by atoms with Gasteiger partial charge < -0.3 is 9.84 Å². The second-order valence-corrected chi connectivity index (χ2v) is 5.65. The molecule has 4 heteroatoms. The summed E-state index contributed by atoms with van der Waals surface area (Å²) >= 11 is 3.13. The molecule has 0 heterocycles. The maximum atomic E-state index is 11.6. The summed E-state index contributed by atoms with van der Waals surface area (Å²) in [5.74, 6) is 1.20. The Morgan fingerprint density at radius 2 is 2.00 bits per heavy atom. The lowest BCUT2D eigenvalue weighted by Gasteiger charge is -2.21. The third-order valence-corrected chi connectivity index (χ3v) is 4.05. The van der Waals surface area contributed by atoms with Crippen LogP contribution in [0.5, 0.6) is 11.5 Å². The van der Waals surface area contributed by atoms with Crippen LogP contribution in [0.2, 0.25) is 0 Å². The summed E-state index contributed by atoms with van der Waals surface area (Å²) in [5, 5.41) is 9.88. The number of alkyl halides is 1. The van der Waals surface area contributed by atoms with Gasteiger partial charge in [-0.25, -0.2) is 0 Å². The molecule has 1 aliphatic carbocycles. The lowest BCUT2D eigenvalue weighted by atomic mass is 9.90. The minimum atomic E-state index is -0.0570. The molecule has 0 amide bonds. The average molecular weight is 327 g/mol. The van der Waals surface area contributed by atoms with Crippen LogP contribution >= 0.6 is 15.9 Å². The molecule has 0 saturated heterocycles. The van der Waals surface area contributed by atoms with Crippen LogP contribution in [0.15, 0.2) is 18.2 Å². The first kappa shape index (κ1) is 14.4. The smallest absolute Gasteiger partial charge is 0.173 e. The summed E-state index contributed by atoms with van der Waals surface area (Å²) in [6.07, 6.45) is 6.31. The van der Waals surface area contributed by atoms with Crippen LogP contribution in [0, 0.1) is 5.92 Å². The standard InChI is InChI=1S/C15H19BrO3/c16-9-15(18)12-6-13(17)8-14(7-12)19-10-11-4-2-1-3-5-11/h6-8,11,17H,1-5,9-10H2. The van der Waals surface area contributed by atoms with Crippen LogP contribution in [0.25, 0.3) is 0 Å². The molecule has 0 bridgehead atoms. The summed E-state index contributed by atoms with van der Waals surface area (Å²) in [7, 11) is 0. The molecule has 1 N–H and O–H groups in total. The minimum Gasteiger partial charge on any atom is -0.508 e. The van der Waals surface area contributed by atoms with Crippen molar-refractivity contribution >= 4 is 21.7 Å². The van der Waals surface area contributed by atoms with E-state index in [0.29, 0.717) is 23.8 Å². The van der Waals surface area contributed by atoms with Crippen molar-refractivity contribution in [1.29, 1.82) is 0 Å². The van der Waals surface area contributed by atoms with Gasteiger partial charge in [-0.2, -0.15) is 0 Å². The first-order chi connectivity index (χ1) is 9.19. The highest BCUT2D eigenvalue weighted by molar-refractivity contribution is 9.09. The fraction of sp³-hybridized carbons (Fsp3) is 0.533. The SMILES string of the molecule is O=C(CBr)c1cc(O)cc(OCC2CCCCC2)c1. The van der Waals surface area contributed by atoms with Crippen molar-refractivity contribution in [1.82, 2.24) is 0 Å². The van der Waals surface area contributed by atoms with Gasteiger partial charge in [-0.3, -0.25) is 4.79 Å². The number of benzene rings is 1. The first-order valence-electron chi connectivity index (χ1n) is 6.75. The predicted molar refractivity (Wildman–Crippen MR) is 78.3 cm³/mol. The van der Waals surface area contributed by atoms with Crippen molar-refractivity contribution in [2.75, 3.05) is 11.9 Å². The first-order valence-corrected chi connectivity index (χ1v) is 7.87. The molecule has 1 aromatic rings. The Labute approximate surface area is 122 Å². The molecule has 0 unspecified atom stereocenters. The third kappa shape index (κ3) is 4.23. The molecule has 3 nitrogen and oxygen atoms in total. The Kier molecular flexibility index (Phi) is 5.25. The van der Waals surface area contributed by atoms with E-state index in [1.54, 1.807) is 12.1 Å². The van der Waals surface area contributed by atoms with E-state index in [4.69, 9.17) is 4.74 Å². The van der Waals surface area contributed by atoms with Crippen LogP contribution in [0.4, 0.5) is 0 Å². The van der Waals surface area contributed by atoms with Crippen molar-refractivity contribution in [3.63, 3.8) is 0 Å². The van der Waals surface area contributed by atoms with E-state index in [0.717, 1.165) is 0 Å². The van der Waals surface area contributed by atoms with Gasteiger partial charge in [0, 0.05) is 11.6 Å². The van der Waals surface area contributed by atoms with Gasteiger partial charge in [0.15, 0.2) is 5.78 Å². The van der Waals surface area contributed by atoms with Gasteiger partial charge in [0.25, 0.3) is 0 Å². The molecule has 0 spiro atoms. The molecule has 1 fully saturated rings. The second kappa shape index (κ2) is 6.94. The van der Waals surface area contributed by atoms with E-state index in [1.807, 2.05) is 0 Å². The van der Waals surface area contributed by atoms with Crippen molar-refractivity contribution in [2.24, 2.45) is 5.92 Å². The fourth-order valence-electron chi connectivity index (χ4n) is 2.47. The van der Waals surface area contributed by atoms with Crippen molar-refractivity contribution in [2.45, 2.75) is 32.1 Å². The number of aromatic hydroxyl groups is 1. The normalized spacial score (nSPS) is 16.3. The second-order valence-electron chi connectivity index (χ2n) is 5.09. The number of halogens is 1. The average Bonchev–Trinajstić information content (AvgIpc) is 2.45. The van der Waals surface area contributed by atoms with E-state index in [1.165, 1.54) is 38.2 Å². The molecule has 19 heavy (non-hydrogen) atoms. The van der Waals surface area contributed by atoms with Crippen LogP contribution < -0.4 is 4.74 Å². The van der Waals surface area contributed by atoms with E-state index < -0.39 is 0 Å². The number of rotatable bonds is 5. The number of carbonyl (C=O) groups excluding carboxylic acids is 1. The highest BCUT2D eigenvalue weighted by atomic mass is 79.9. The number of ketones is 1. The predicted octanol–water partition coefficient (Wildman–Crippen LogP) is 3.93. The lowest BCUT2D eigenvalue weighted by molar-refractivity contribution is 0.102. The fourth-order valence-corrected chi connectivity index (χ4v) is 2.80. The number of ether oxygens (including phenoxy) is 1. The maximum Gasteiger partial charge on any atom is 0.173 e. The van der Waals surface area contributed by atoms with Gasteiger partial charge >= 0.3 is 0 Å². The summed E-state index contributed by atoms with van der Waals surface area (Å²) in [6.45, 7) is 0.672. The number of Topliss-reactive ketones (excluding diaryl/α,β-unsaturated/α-hetero) is 1. The molecule has 0 aliphatic heterocycles. The van der Waals surface area contributed by atoms with Crippen LogP contribution in [-0.2, 0) is 0 Å². The number of phenolic OH excluding ortho intramolecular Hbond substituents is 1. The van der Waals surface area contributed by atoms with Gasteiger partial charge in [0.1, 0.15) is 11.5 Å². The summed E-state index contributed by atoms with van der Waals surface area (Å²) in [4.78, 5) is 11.6. The Hall–Kier alpha value is -1.03. The Morgan fingerprint density at radius 3 is 2.68 bits per heavy atom. The molecule has 0 radical (unpaired) electrons. The van der Waals surface area contributed by atoms with E-state index in [2.05, 4.69) is 15.9 Å². The van der Waals surface area contributed by atoms with Gasteiger partial charge in [0.2, 0.25) is 0 Å². The topological polar surface area (TPSA) is 46.5 Å². The molecule has 1 aromatic carbocycles. The molecule has 1 aliphatic rings. The van der Waals surface area contributed by atoms with E-state index in [9.17, 15) is 9.90 Å². The molecule has 2 rings (SSSR count). The molecule has 0 atom stereocenters. The van der Waals surface area contributed by atoms with Crippen LogP contribution in [-0.4, -0.2) is 22.8 Å². The molecular formula is C15H19BrO3. The van der Waals surface area contributed by atoms with Crippen molar-refractivity contribution in [3.8, 4) is 11.5 Å². The zero-order valence-corrected chi connectivity index (χ0v) is 12.5.